The summed E-state index contributed by atoms with van der Waals surface area (Å²) in [6.07, 6.45) is 3.07. The summed E-state index contributed by atoms with van der Waals surface area (Å²) in [7, 11) is 3.92. The molecule has 0 aliphatic heterocycles. The summed E-state index contributed by atoms with van der Waals surface area (Å²) in [6, 6.07) is 10.2. The minimum absolute atomic E-state index is 0.116. The zero-order valence-electron chi connectivity index (χ0n) is 13.8. The van der Waals surface area contributed by atoms with Gasteiger partial charge in [0.25, 0.3) is 5.91 Å². The molecule has 0 radical (unpaired) electrons. The SMILES string of the molecule is CC(Nc1cnc(C(=O)NCCN(C)C)cn1)c1ccccc1. The van der Waals surface area contributed by atoms with Crippen LogP contribution in [0.3, 0.4) is 0 Å². The normalized spacial score (nSPS) is 12.0. The van der Waals surface area contributed by atoms with Crippen LogP contribution in [0.2, 0.25) is 0 Å². The van der Waals surface area contributed by atoms with Gasteiger partial charge in [-0.2, -0.15) is 0 Å². The molecule has 1 atom stereocenters. The maximum Gasteiger partial charge on any atom is 0.271 e. The van der Waals surface area contributed by atoms with Gasteiger partial charge in [0.2, 0.25) is 0 Å². The topological polar surface area (TPSA) is 70.2 Å². The summed E-state index contributed by atoms with van der Waals surface area (Å²) in [5.74, 6) is 0.438. The van der Waals surface area contributed by atoms with Gasteiger partial charge in [-0.25, -0.2) is 9.97 Å². The molecular weight excluding hydrogens is 290 g/mol. The van der Waals surface area contributed by atoms with Gasteiger partial charge in [0.1, 0.15) is 11.5 Å². The van der Waals surface area contributed by atoms with Gasteiger partial charge in [0, 0.05) is 19.1 Å². The fourth-order valence-electron chi connectivity index (χ4n) is 2.05. The average molecular weight is 313 g/mol. The van der Waals surface area contributed by atoms with E-state index < -0.39 is 0 Å². The van der Waals surface area contributed by atoms with E-state index in [1.807, 2.05) is 37.2 Å². The van der Waals surface area contributed by atoms with Crippen LogP contribution >= 0.6 is 0 Å². The Morgan fingerprint density at radius 2 is 1.91 bits per heavy atom. The van der Waals surface area contributed by atoms with Crippen LogP contribution in [0, 0.1) is 0 Å². The van der Waals surface area contributed by atoms with Crippen LogP contribution in [0.4, 0.5) is 5.82 Å². The van der Waals surface area contributed by atoms with E-state index in [0.717, 1.165) is 6.54 Å². The maximum atomic E-state index is 11.9. The van der Waals surface area contributed by atoms with E-state index in [4.69, 9.17) is 0 Å². The van der Waals surface area contributed by atoms with Gasteiger partial charge >= 0.3 is 0 Å². The van der Waals surface area contributed by atoms with E-state index in [0.29, 0.717) is 18.1 Å². The van der Waals surface area contributed by atoms with Crippen LogP contribution in [-0.2, 0) is 0 Å². The van der Waals surface area contributed by atoms with Gasteiger partial charge in [-0.05, 0) is 26.6 Å². The summed E-state index contributed by atoms with van der Waals surface area (Å²) in [5.41, 5.74) is 1.49. The molecule has 0 saturated carbocycles. The maximum absolute atomic E-state index is 11.9. The van der Waals surface area contributed by atoms with Crippen molar-refractivity contribution in [3.8, 4) is 0 Å². The van der Waals surface area contributed by atoms with Crippen molar-refractivity contribution in [2.24, 2.45) is 0 Å². The minimum atomic E-state index is -0.206. The van der Waals surface area contributed by atoms with Crippen molar-refractivity contribution in [1.29, 1.82) is 0 Å². The van der Waals surface area contributed by atoms with Gasteiger partial charge < -0.3 is 15.5 Å². The Morgan fingerprint density at radius 1 is 1.17 bits per heavy atom. The Hall–Kier alpha value is -2.47. The summed E-state index contributed by atoms with van der Waals surface area (Å²) < 4.78 is 0. The smallest absolute Gasteiger partial charge is 0.271 e. The van der Waals surface area contributed by atoms with Crippen LogP contribution in [0.5, 0.6) is 0 Å². The van der Waals surface area contributed by atoms with Crippen LogP contribution < -0.4 is 10.6 Å². The first-order valence-corrected chi connectivity index (χ1v) is 7.62. The first kappa shape index (κ1) is 16.9. The summed E-state index contributed by atoms with van der Waals surface area (Å²) in [6.45, 7) is 3.42. The largest absolute Gasteiger partial charge is 0.362 e. The zero-order chi connectivity index (χ0) is 16.7. The molecular formula is C17H23N5O. The molecule has 2 N–H and O–H groups in total. The lowest BCUT2D eigenvalue weighted by Crippen LogP contribution is -2.31. The lowest BCUT2D eigenvalue weighted by Gasteiger charge is -2.14. The standard InChI is InChI=1S/C17H23N5O/c1-13(14-7-5-4-6-8-14)21-16-12-19-15(11-20-16)17(23)18-9-10-22(2)3/h4-8,11-13H,9-10H2,1-3H3,(H,18,23)(H,20,21). The molecule has 2 rings (SSSR count). The highest BCUT2D eigenvalue weighted by Gasteiger charge is 2.09. The molecule has 6 heteroatoms. The number of aromatic nitrogens is 2. The fraction of sp³-hybridized carbons (Fsp3) is 0.353. The van der Waals surface area contributed by atoms with Crippen molar-refractivity contribution in [3.05, 3.63) is 54.0 Å². The van der Waals surface area contributed by atoms with E-state index in [1.165, 1.54) is 11.8 Å². The number of anilines is 1. The van der Waals surface area contributed by atoms with Crippen molar-refractivity contribution < 1.29 is 4.79 Å². The summed E-state index contributed by atoms with van der Waals surface area (Å²) in [5, 5.41) is 6.08. The van der Waals surface area contributed by atoms with Crippen LogP contribution in [-0.4, -0.2) is 48.0 Å². The number of amides is 1. The van der Waals surface area contributed by atoms with Gasteiger partial charge in [-0.1, -0.05) is 30.3 Å². The van der Waals surface area contributed by atoms with Crippen molar-refractivity contribution in [1.82, 2.24) is 20.2 Å². The second-order valence-electron chi connectivity index (χ2n) is 5.62. The number of carbonyl (C=O) groups excluding carboxylic acids is 1. The number of carbonyl (C=O) groups is 1. The molecule has 23 heavy (non-hydrogen) atoms. The molecule has 0 fully saturated rings. The fourth-order valence-corrected chi connectivity index (χ4v) is 2.05. The van der Waals surface area contributed by atoms with E-state index in [-0.39, 0.29) is 11.9 Å². The molecule has 0 bridgehead atoms. The number of likely N-dealkylation sites (N-methyl/N-ethyl adjacent to an activating group) is 1. The Kier molecular flexibility index (Phi) is 6.05. The third-order valence-corrected chi connectivity index (χ3v) is 3.39. The number of nitrogens with one attached hydrogen (secondary N) is 2. The van der Waals surface area contributed by atoms with Gasteiger partial charge in [-0.15, -0.1) is 0 Å². The Labute approximate surface area is 137 Å². The van der Waals surface area contributed by atoms with E-state index in [2.05, 4.69) is 39.7 Å². The van der Waals surface area contributed by atoms with Gasteiger partial charge in [0.05, 0.1) is 12.4 Å². The number of hydrogen-bond acceptors (Lipinski definition) is 5. The predicted octanol–water partition coefficient (Wildman–Crippen LogP) is 1.94. The van der Waals surface area contributed by atoms with Gasteiger partial charge in [-0.3, -0.25) is 4.79 Å². The molecule has 122 valence electrons. The van der Waals surface area contributed by atoms with Crippen LogP contribution in [0.25, 0.3) is 0 Å². The van der Waals surface area contributed by atoms with Crippen molar-refractivity contribution in [3.63, 3.8) is 0 Å². The Morgan fingerprint density at radius 3 is 2.52 bits per heavy atom. The monoisotopic (exact) mass is 313 g/mol. The third-order valence-electron chi connectivity index (χ3n) is 3.39. The molecule has 0 aliphatic carbocycles. The highest BCUT2D eigenvalue weighted by atomic mass is 16.1. The lowest BCUT2D eigenvalue weighted by atomic mass is 10.1. The van der Waals surface area contributed by atoms with Crippen molar-refractivity contribution in [2.45, 2.75) is 13.0 Å². The minimum Gasteiger partial charge on any atom is -0.362 e. The molecule has 0 aliphatic rings. The quantitative estimate of drug-likeness (QED) is 0.817. The molecule has 6 nitrogen and oxygen atoms in total. The van der Waals surface area contributed by atoms with Crippen molar-refractivity contribution >= 4 is 11.7 Å². The summed E-state index contributed by atoms with van der Waals surface area (Å²) >= 11 is 0. The van der Waals surface area contributed by atoms with Crippen LogP contribution in [0.15, 0.2) is 42.7 Å². The highest BCUT2D eigenvalue weighted by Crippen LogP contribution is 2.16. The first-order valence-electron chi connectivity index (χ1n) is 7.62. The molecule has 1 amide bonds. The van der Waals surface area contributed by atoms with Gasteiger partial charge in [0.15, 0.2) is 0 Å². The lowest BCUT2D eigenvalue weighted by molar-refractivity contribution is 0.0945. The molecule has 1 aromatic heterocycles. The number of nitrogens with zero attached hydrogens (tertiary/aromatic N) is 3. The Bertz CT molecular complexity index is 613. The molecule has 1 unspecified atom stereocenters. The van der Waals surface area contributed by atoms with E-state index in [1.54, 1.807) is 6.20 Å². The molecule has 0 spiro atoms. The second-order valence-corrected chi connectivity index (χ2v) is 5.62. The van der Waals surface area contributed by atoms with E-state index in [9.17, 15) is 4.79 Å². The average Bonchev–Trinajstić information content (AvgIpc) is 2.56. The molecule has 2 aromatic rings. The van der Waals surface area contributed by atoms with Crippen molar-refractivity contribution in [2.75, 3.05) is 32.5 Å². The number of rotatable bonds is 7. The highest BCUT2D eigenvalue weighted by molar-refractivity contribution is 5.91. The Balaban J connectivity index is 1.90. The molecule has 1 aromatic carbocycles. The number of hydrogen-bond donors (Lipinski definition) is 2. The molecule has 0 saturated heterocycles. The number of benzene rings is 1. The second kappa shape index (κ2) is 8.24. The first-order chi connectivity index (χ1) is 11.1. The third kappa shape index (κ3) is 5.34. The zero-order valence-corrected chi connectivity index (χ0v) is 13.8. The van der Waals surface area contributed by atoms with Crippen LogP contribution in [0.1, 0.15) is 29.0 Å². The molecule has 1 heterocycles. The van der Waals surface area contributed by atoms with E-state index >= 15 is 0 Å². The predicted molar refractivity (Wildman–Crippen MR) is 91.4 cm³/mol. The summed E-state index contributed by atoms with van der Waals surface area (Å²) in [4.78, 5) is 22.4.